The summed E-state index contributed by atoms with van der Waals surface area (Å²) >= 11 is 0. The Balaban J connectivity index is 0.957. The van der Waals surface area contributed by atoms with Crippen LogP contribution in [0, 0.1) is 23.7 Å². The highest BCUT2D eigenvalue weighted by Crippen LogP contribution is 2.54. The molecule has 2 nitrogen and oxygen atoms in total. The zero-order chi connectivity index (χ0) is 49.6. The Morgan fingerprint density at radius 1 is 0.370 bits per heavy atom. The van der Waals surface area contributed by atoms with Crippen LogP contribution >= 0.6 is 0 Å². The molecule has 0 aromatic heterocycles. The molecule has 0 heterocycles. The van der Waals surface area contributed by atoms with Gasteiger partial charge in [0.05, 0.1) is 10.8 Å². The first kappa shape index (κ1) is 45.6. The van der Waals surface area contributed by atoms with Crippen LogP contribution in [0.3, 0.4) is 0 Å². The number of benzene rings is 10. The van der Waals surface area contributed by atoms with E-state index in [1.165, 1.54) is 88.7 Å². The van der Waals surface area contributed by atoms with Gasteiger partial charge in [-0.05, 0) is 163 Å². The molecule has 0 amide bonds. The standard InChI is InChI=1S/C71H56O2/c1-5-7-41-72-63-39-27-49-45-61(29-25-51(49)47-63)70(65-21-13-9-17-53(65)43-54-18-10-14-22-66(54)70)59-35-31-57(32-36-59)69(3,4)58-33-37-60(38-34-58)71(67-23-15-11-19-55(67)44-56-20-12-16-24-68(56)71)62-30-26-52-48-64(73-42-8-6-2)40-28-50(52)46-62/h9-40,45-48H,41-44H2,1-4H3. The van der Waals surface area contributed by atoms with E-state index >= 15 is 0 Å². The van der Waals surface area contributed by atoms with Crippen molar-refractivity contribution in [2.45, 2.75) is 56.8 Å². The van der Waals surface area contributed by atoms with Gasteiger partial charge in [-0.15, -0.1) is 11.8 Å². The number of hydrogen-bond acceptors (Lipinski definition) is 2. The fourth-order valence-corrected chi connectivity index (χ4v) is 12.4. The monoisotopic (exact) mass is 940 g/mol. The largest absolute Gasteiger partial charge is 0.481 e. The third kappa shape index (κ3) is 7.61. The van der Waals surface area contributed by atoms with Gasteiger partial charge in [0.2, 0.25) is 0 Å². The van der Waals surface area contributed by atoms with Crippen LogP contribution in [0.4, 0.5) is 0 Å². The second-order valence-electron chi connectivity index (χ2n) is 20.1. The Bertz CT molecular complexity index is 3520. The highest BCUT2D eigenvalue weighted by Gasteiger charge is 2.45. The first-order chi connectivity index (χ1) is 35.8. The maximum absolute atomic E-state index is 5.98. The van der Waals surface area contributed by atoms with Crippen molar-refractivity contribution in [2.24, 2.45) is 0 Å². The third-order valence-corrected chi connectivity index (χ3v) is 16.0. The molecule has 0 radical (unpaired) electrons. The van der Waals surface area contributed by atoms with Gasteiger partial charge in [-0.25, -0.2) is 0 Å². The summed E-state index contributed by atoms with van der Waals surface area (Å²) in [4.78, 5) is 0. The second kappa shape index (κ2) is 18.6. The van der Waals surface area contributed by atoms with Crippen LogP contribution in [0.25, 0.3) is 21.5 Å². The topological polar surface area (TPSA) is 18.5 Å². The average Bonchev–Trinajstić information content (AvgIpc) is 3.44. The van der Waals surface area contributed by atoms with Crippen molar-refractivity contribution in [3.8, 4) is 35.2 Å². The van der Waals surface area contributed by atoms with Gasteiger partial charge in [-0.3, -0.25) is 0 Å². The summed E-state index contributed by atoms with van der Waals surface area (Å²) in [5.74, 6) is 13.6. The average molecular weight is 941 g/mol. The molecule has 0 N–H and O–H groups in total. The summed E-state index contributed by atoms with van der Waals surface area (Å²) in [5.41, 5.74) is 16.9. The van der Waals surface area contributed by atoms with Crippen molar-refractivity contribution in [1.82, 2.24) is 0 Å². The lowest BCUT2D eigenvalue weighted by Gasteiger charge is -2.43. The molecule has 0 bridgehead atoms. The molecular weight excluding hydrogens is 885 g/mol. The molecule has 12 rings (SSSR count). The van der Waals surface area contributed by atoms with Crippen molar-refractivity contribution < 1.29 is 9.47 Å². The van der Waals surface area contributed by atoms with Crippen LogP contribution in [0.15, 0.2) is 218 Å². The van der Waals surface area contributed by atoms with Crippen LogP contribution in [0.5, 0.6) is 11.5 Å². The molecule has 2 aliphatic rings. The van der Waals surface area contributed by atoms with E-state index in [1.807, 2.05) is 13.8 Å². The van der Waals surface area contributed by atoms with Crippen molar-refractivity contribution >= 4 is 21.5 Å². The van der Waals surface area contributed by atoms with E-state index in [4.69, 9.17) is 9.47 Å². The lowest BCUT2D eigenvalue weighted by molar-refractivity contribution is 0.370. The Kier molecular flexibility index (Phi) is 11.6. The molecule has 0 atom stereocenters. The Morgan fingerprint density at radius 3 is 1.04 bits per heavy atom. The lowest BCUT2D eigenvalue weighted by atomic mass is 9.59. The molecule has 2 heteroatoms. The van der Waals surface area contributed by atoms with Gasteiger partial charge in [0.1, 0.15) is 24.7 Å². The van der Waals surface area contributed by atoms with Gasteiger partial charge < -0.3 is 9.47 Å². The lowest BCUT2D eigenvalue weighted by Crippen LogP contribution is -2.36. The normalized spacial score (nSPS) is 13.8. The van der Waals surface area contributed by atoms with E-state index in [1.54, 1.807) is 0 Å². The Labute approximate surface area is 430 Å². The van der Waals surface area contributed by atoms with E-state index in [2.05, 4.69) is 256 Å². The zero-order valence-electron chi connectivity index (χ0n) is 41.9. The minimum Gasteiger partial charge on any atom is -0.481 e. The van der Waals surface area contributed by atoms with Crippen molar-refractivity contribution in [2.75, 3.05) is 13.2 Å². The number of hydrogen-bond donors (Lipinski definition) is 0. The van der Waals surface area contributed by atoms with Crippen LogP contribution in [0.1, 0.15) is 106 Å². The Morgan fingerprint density at radius 2 is 0.685 bits per heavy atom. The molecule has 10 aromatic rings. The zero-order valence-corrected chi connectivity index (χ0v) is 41.9. The fourth-order valence-electron chi connectivity index (χ4n) is 12.4. The minimum absolute atomic E-state index is 0.307. The summed E-state index contributed by atoms with van der Waals surface area (Å²) in [5, 5.41) is 4.63. The number of rotatable bonds is 10. The predicted octanol–water partition coefficient (Wildman–Crippen LogP) is 15.7. The predicted molar refractivity (Wildman–Crippen MR) is 300 cm³/mol. The van der Waals surface area contributed by atoms with E-state index in [0.29, 0.717) is 13.2 Å². The van der Waals surface area contributed by atoms with Gasteiger partial charge in [0, 0.05) is 5.41 Å². The highest BCUT2D eigenvalue weighted by atomic mass is 16.5. The summed E-state index contributed by atoms with van der Waals surface area (Å²) < 4.78 is 12.0. The maximum atomic E-state index is 5.98. The number of ether oxygens (including phenoxy) is 2. The number of fused-ring (bicyclic) bond motifs is 6. The summed E-state index contributed by atoms with van der Waals surface area (Å²) in [7, 11) is 0. The molecule has 0 unspecified atom stereocenters. The fraction of sp³-hybridized carbons (Fsp3) is 0.155. The molecule has 73 heavy (non-hydrogen) atoms. The van der Waals surface area contributed by atoms with Crippen molar-refractivity contribution in [3.05, 3.63) is 296 Å². The summed E-state index contributed by atoms with van der Waals surface area (Å²) in [6, 6.07) is 82.1. The molecule has 2 aliphatic carbocycles. The van der Waals surface area contributed by atoms with E-state index < -0.39 is 10.8 Å². The van der Waals surface area contributed by atoms with Crippen LogP contribution in [-0.2, 0) is 29.1 Å². The van der Waals surface area contributed by atoms with Crippen LogP contribution in [0.2, 0.25) is 0 Å². The molecule has 352 valence electrons. The molecule has 0 saturated carbocycles. The van der Waals surface area contributed by atoms with Gasteiger partial charge in [-0.2, -0.15) is 0 Å². The highest BCUT2D eigenvalue weighted by molar-refractivity contribution is 5.87. The molecule has 0 spiro atoms. The quantitative estimate of drug-likeness (QED) is 0.127. The SMILES string of the molecule is CC#CCOc1ccc2cc(C3(c4ccc(C(C)(C)c5ccc(C6(c7ccc8cc(OCC#CC)ccc8c7)c7ccccc7Cc7ccccc76)cc5)cc4)c4ccccc4Cc4ccccc43)ccc2c1. The first-order valence-electron chi connectivity index (χ1n) is 25.5. The van der Waals surface area contributed by atoms with Crippen LogP contribution in [-0.4, -0.2) is 13.2 Å². The first-order valence-corrected chi connectivity index (χ1v) is 25.5. The van der Waals surface area contributed by atoms with Gasteiger partial charge in [0.15, 0.2) is 0 Å². The minimum atomic E-state index is -0.542. The van der Waals surface area contributed by atoms with Gasteiger partial charge in [0.25, 0.3) is 0 Å². The smallest absolute Gasteiger partial charge is 0.149 e. The second-order valence-corrected chi connectivity index (χ2v) is 20.1. The van der Waals surface area contributed by atoms with E-state index in [-0.39, 0.29) is 5.41 Å². The maximum Gasteiger partial charge on any atom is 0.149 e. The van der Waals surface area contributed by atoms with Crippen molar-refractivity contribution in [3.63, 3.8) is 0 Å². The third-order valence-electron chi connectivity index (χ3n) is 16.0. The van der Waals surface area contributed by atoms with Crippen molar-refractivity contribution in [1.29, 1.82) is 0 Å². The Hall–Kier alpha value is -8.56. The van der Waals surface area contributed by atoms with Gasteiger partial charge >= 0.3 is 0 Å². The molecule has 0 saturated heterocycles. The van der Waals surface area contributed by atoms with Gasteiger partial charge in [-0.1, -0.05) is 208 Å². The molecule has 0 fully saturated rings. The summed E-state index contributed by atoms with van der Waals surface area (Å²) in [6.45, 7) is 9.16. The summed E-state index contributed by atoms with van der Waals surface area (Å²) in [6.07, 6.45) is 1.80. The molecule has 10 aromatic carbocycles. The molecular formula is C71H56O2. The van der Waals surface area contributed by atoms with Crippen LogP contribution < -0.4 is 9.47 Å². The molecule has 0 aliphatic heterocycles. The van der Waals surface area contributed by atoms with E-state index in [0.717, 1.165) is 35.1 Å². The van der Waals surface area contributed by atoms with E-state index in [9.17, 15) is 0 Å².